The Morgan fingerprint density at radius 3 is 2.57 bits per heavy atom. The normalized spacial score (nSPS) is 23.7. The predicted octanol–water partition coefficient (Wildman–Crippen LogP) is 3.40. The van der Waals surface area contributed by atoms with E-state index < -0.39 is 10.0 Å². The summed E-state index contributed by atoms with van der Waals surface area (Å²) in [5.74, 6) is 0. The smallest absolute Gasteiger partial charge is 0.245 e. The van der Waals surface area contributed by atoms with E-state index in [0.717, 1.165) is 19.3 Å². The molecule has 1 saturated heterocycles. The third-order valence-electron chi connectivity index (χ3n) is 4.04. The third kappa shape index (κ3) is 3.08. The fourth-order valence-corrected chi connectivity index (χ4v) is 5.80. The van der Waals surface area contributed by atoms with Crippen molar-refractivity contribution in [2.75, 3.05) is 0 Å². The number of benzene rings is 1. The summed E-state index contributed by atoms with van der Waals surface area (Å²) in [5.41, 5.74) is 6.16. The van der Waals surface area contributed by atoms with E-state index in [0.29, 0.717) is 10.6 Å². The summed E-state index contributed by atoms with van der Waals surface area (Å²) < 4.78 is 27.6. The number of halogens is 2. The molecular formula is C14H20Cl2N2O2S. The van der Waals surface area contributed by atoms with Gasteiger partial charge in [-0.05, 0) is 43.9 Å². The van der Waals surface area contributed by atoms with Gasteiger partial charge in [0.15, 0.2) is 0 Å². The van der Waals surface area contributed by atoms with Gasteiger partial charge < -0.3 is 5.73 Å². The Balaban J connectivity index is 2.56. The lowest BCUT2D eigenvalue weighted by atomic mass is 10.2. The van der Waals surface area contributed by atoms with Crippen LogP contribution in [-0.4, -0.2) is 24.8 Å². The number of rotatable bonds is 4. The van der Waals surface area contributed by atoms with Crippen LogP contribution in [0.1, 0.15) is 38.7 Å². The number of nitrogens with two attached hydrogens (primary N) is 1. The van der Waals surface area contributed by atoms with Crippen LogP contribution in [0.4, 0.5) is 0 Å². The average Bonchev–Trinajstić information content (AvgIpc) is 2.82. The molecule has 0 amide bonds. The number of hydrogen-bond donors (Lipinski definition) is 1. The van der Waals surface area contributed by atoms with E-state index in [-0.39, 0.29) is 28.5 Å². The second-order valence-electron chi connectivity index (χ2n) is 5.40. The molecule has 1 aromatic rings. The molecule has 2 N–H and O–H groups in total. The van der Waals surface area contributed by atoms with Crippen LogP contribution >= 0.6 is 23.2 Å². The molecule has 7 heteroatoms. The highest BCUT2D eigenvalue weighted by molar-refractivity contribution is 7.89. The first kappa shape index (κ1) is 17.0. The van der Waals surface area contributed by atoms with Gasteiger partial charge in [-0.2, -0.15) is 4.31 Å². The van der Waals surface area contributed by atoms with Crippen LogP contribution in [0.2, 0.25) is 10.0 Å². The molecule has 2 atom stereocenters. The summed E-state index contributed by atoms with van der Waals surface area (Å²) in [5, 5.41) is 0.508. The number of sulfonamides is 1. The minimum atomic E-state index is -3.67. The minimum Gasteiger partial charge on any atom is -0.326 e. The van der Waals surface area contributed by atoms with Gasteiger partial charge in [0.1, 0.15) is 4.90 Å². The molecule has 1 aliphatic heterocycles. The largest absolute Gasteiger partial charge is 0.326 e. The van der Waals surface area contributed by atoms with Crippen LogP contribution in [0.25, 0.3) is 0 Å². The molecule has 1 fully saturated rings. The fourth-order valence-electron chi connectivity index (χ4n) is 2.93. The van der Waals surface area contributed by atoms with Crippen LogP contribution in [0, 0.1) is 0 Å². The maximum atomic E-state index is 13.0. The Hall–Kier alpha value is -0.330. The highest BCUT2D eigenvalue weighted by Gasteiger charge is 2.40. The first-order valence-electron chi connectivity index (χ1n) is 7.04. The SMILES string of the molecule is CCC1CCC(C)N1S(=O)(=O)c1cc(Cl)cc(CN)c1Cl. The zero-order valence-electron chi connectivity index (χ0n) is 12.1. The lowest BCUT2D eigenvalue weighted by Gasteiger charge is -2.27. The Labute approximate surface area is 136 Å². The van der Waals surface area contributed by atoms with Gasteiger partial charge in [-0.25, -0.2) is 8.42 Å². The molecule has 1 aliphatic rings. The number of nitrogens with zero attached hydrogens (tertiary/aromatic N) is 1. The number of hydrogen-bond acceptors (Lipinski definition) is 3. The Morgan fingerprint density at radius 1 is 1.33 bits per heavy atom. The molecule has 0 spiro atoms. The average molecular weight is 351 g/mol. The molecule has 2 rings (SSSR count). The summed E-state index contributed by atoms with van der Waals surface area (Å²) in [6.45, 7) is 4.07. The van der Waals surface area contributed by atoms with Gasteiger partial charge in [0.25, 0.3) is 0 Å². The second kappa shape index (κ2) is 6.42. The van der Waals surface area contributed by atoms with Gasteiger partial charge in [0, 0.05) is 23.7 Å². The van der Waals surface area contributed by atoms with Crippen molar-refractivity contribution >= 4 is 33.2 Å². The van der Waals surface area contributed by atoms with Crippen molar-refractivity contribution in [2.24, 2.45) is 5.73 Å². The van der Waals surface area contributed by atoms with E-state index in [1.165, 1.54) is 6.07 Å². The van der Waals surface area contributed by atoms with Crippen molar-refractivity contribution in [1.82, 2.24) is 4.31 Å². The minimum absolute atomic E-state index is 0.0152. The molecule has 0 saturated carbocycles. The van der Waals surface area contributed by atoms with Crippen LogP contribution in [0.15, 0.2) is 17.0 Å². The maximum absolute atomic E-state index is 13.0. The summed E-state index contributed by atoms with van der Waals surface area (Å²) >= 11 is 12.3. The van der Waals surface area contributed by atoms with Gasteiger partial charge in [-0.1, -0.05) is 30.1 Å². The van der Waals surface area contributed by atoms with Crippen molar-refractivity contribution in [3.8, 4) is 0 Å². The van der Waals surface area contributed by atoms with Gasteiger partial charge in [-0.3, -0.25) is 0 Å². The van der Waals surface area contributed by atoms with Gasteiger partial charge >= 0.3 is 0 Å². The lowest BCUT2D eigenvalue weighted by molar-refractivity contribution is 0.328. The Morgan fingerprint density at radius 2 is 2.00 bits per heavy atom. The highest BCUT2D eigenvalue weighted by atomic mass is 35.5. The molecule has 21 heavy (non-hydrogen) atoms. The van der Waals surface area contributed by atoms with Gasteiger partial charge in [0.2, 0.25) is 10.0 Å². The molecule has 0 radical (unpaired) electrons. The molecule has 4 nitrogen and oxygen atoms in total. The second-order valence-corrected chi connectivity index (χ2v) is 8.03. The topological polar surface area (TPSA) is 63.4 Å². The molecule has 1 heterocycles. The summed E-state index contributed by atoms with van der Waals surface area (Å²) in [6.07, 6.45) is 2.52. The van der Waals surface area contributed by atoms with E-state index in [2.05, 4.69) is 0 Å². The summed E-state index contributed by atoms with van der Waals surface area (Å²) in [4.78, 5) is 0.0596. The van der Waals surface area contributed by atoms with Crippen LogP contribution in [0.5, 0.6) is 0 Å². The zero-order chi connectivity index (χ0) is 15.8. The lowest BCUT2D eigenvalue weighted by Crippen LogP contribution is -2.39. The van der Waals surface area contributed by atoms with Gasteiger partial charge in [-0.15, -0.1) is 0 Å². The van der Waals surface area contributed by atoms with Crippen molar-refractivity contribution in [2.45, 2.75) is 56.6 Å². The monoisotopic (exact) mass is 350 g/mol. The van der Waals surface area contributed by atoms with E-state index >= 15 is 0 Å². The van der Waals surface area contributed by atoms with Crippen molar-refractivity contribution in [3.05, 3.63) is 27.7 Å². The molecule has 0 aliphatic carbocycles. The molecule has 1 aromatic carbocycles. The van der Waals surface area contributed by atoms with E-state index in [4.69, 9.17) is 28.9 Å². The zero-order valence-corrected chi connectivity index (χ0v) is 14.5. The Kier molecular flexibility index (Phi) is 5.21. The molecule has 0 bridgehead atoms. The fraction of sp³-hybridized carbons (Fsp3) is 0.571. The summed E-state index contributed by atoms with van der Waals surface area (Å²) in [6, 6.07) is 3.00. The van der Waals surface area contributed by atoms with E-state index in [1.54, 1.807) is 10.4 Å². The van der Waals surface area contributed by atoms with E-state index in [9.17, 15) is 8.42 Å². The van der Waals surface area contributed by atoms with Crippen molar-refractivity contribution in [3.63, 3.8) is 0 Å². The maximum Gasteiger partial charge on any atom is 0.245 e. The Bertz CT molecular complexity index is 634. The molecule has 118 valence electrons. The highest BCUT2D eigenvalue weighted by Crippen LogP contribution is 2.37. The van der Waals surface area contributed by atoms with Crippen LogP contribution in [-0.2, 0) is 16.6 Å². The van der Waals surface area contributed by atoms with E-state index in [1.807, 2.05) is 13.8 Å². The molecule has 0 aromatic heterocycles. The van der Waals surface area contributed by atoms with Crippen LogP contribution < -0.4 is 5.73 Å². The van der Waals surface area contributed by atoms with Crippen molar-refractivity contribution < 1.29 is 8.42 Å². The first-order chi connectivity index (χ1) is 9.82. The predicted molar refractivity (Wildman–Crippen MR) is 86.2 cm³/mol. The molecule has 2 unspecified atom stereocenters. The third-order valence-corrected chi connectivity index (χ3v) is 6.91. The van der Waals surface area contributed by atoms with Crippen LogP contribution in [0.3, 0.4) is 0 Å². The summed E-state index contributed by atoms with van der Waals surface area (Å²) in [7, 11) is -3.67. The quantitative estimate of drug-likeness (QED) is 0.904. The molecular weight excluding hydrogens is 331 g/mol. The van der Waals surface area contributed by atoms with Gasteiger partial charge in [0.05, 0.1) is 5.02 Å². The van der Waals surface area contributed by atoms with Crippen molar-refractivity contribution in [1.29, 1.82) is 0 Å². The first-order valence-corrected chi connectivity index (χ1v) is 9.24. The standard InChI is InChI=1S/C14H20Cl2N2O2S/c1-3-12-5-4-9(2)18(12)21(19,20)13-7-11(15)6-10(8-17)14(13)16/h6-7,9,12H,3-5,8,17H2,1-2H3.